The highest BCUT2D eigenvalue weighted by atomic mass is 32.1. The minimum absolute atomic E-state index is 0.401. The minimum Gasteiger partial charge on any atom is -0.305 e. The molecule has 0 saturated heterocycles. The van der Waals surface area contributed by atoms with E-state index < -0.39 is 0 Å². The Morgan fingerprint density at radius 2 is 2.40 bits per heavy atom. The summed E-state index contributed by atoms with van der Waals surface area (Å²) in [7, 11) is 0. The summed E-state index contributed by atoms with van der Waals surface area (Å²) in [6.07, 6.45) is 3.76. The molecule has 0 aliphatic rings. The molecule has 0 saturated carbocycles. The summed E-state index contributed by atoms with van der Waals surface area (Å²) < 4.78 is 0. The highest BCUT2D eigenvalue weighted by Crippen LogP contribution is 2.22. The lowest BCUT2D eigenvalue weighted by molar-refractivity contribution is 0.583. The second-order valence-electron chi connectivity index (χ2n) is 3.66. The SMILES string of the molecule is Cc1ccc(C(C)NCc2cn[nH]c2)s1. The smallest absolute Gasteiger partial charge is 0.0532 e. The molecule has 2 aromatic rings. The van der Waals surface area contributed by atoms with E-state index >= 15 is 0 Å². The van der Waals surface area contributed by atoms with Gasteiger partial charge >= 0.3 is 0 Å². The van der Waals surface area contributed by atoms with Gasteiger partial charge in [-0.2, -0.15) is 5.10 Å². The predicted molar refractivity (Wildman–Crippen MR) is 62.9 cm³/mol. The van der Waals surface area contributed by atoms with Gasteiger partial charge in [-0.1, -0.05) is 0 Å². The molecule has 0 amide bonds. The van der Waals surface area contributed by atoms with Gasteiger partial charge in [-0.3, -0.25) is 5.10 Å². The van der Waals surface area contributed by atoms with Gasteiger partial charge in [0.05, 0.1) is 6.20 Å². The molecule has 1 atom stereocenters. The molecule has 3 nitrogen and oxygen atoms in total. The van der Waals surface area contributed by atoms with Gasteiger partial charge in [0.2, 0.25) is 0 Å². The molecule has 2 N–H and O–H groups in total. The summed E-state index contributed by atoms with van der Waals surface area (Å²) in [4.78, 5) is 2.75. The fourth-order valence-corrected chi connectivity index (χ4v) is 2.34. The van der Waals surface area contributed by atoms with Crippen LogP contribution in [0.25, 0.3) is 0 Å². The minimum atomic E-state index is 0.401. The number of aromatic nitrogens is 2. The van der Waals surface area contributed by atoms with Crippen molar-refractivity contribution in [1.82, 2.24) is 15.5 Å². The first kappa shape index (κ1) is 10.4. The summed E-state index contributed by atoms with van der Waals surface area (Å²) in [6.45, 7) is 5.18. The van der Waals surface area contributed by atoms with Gasteiger partial charge in [-0.25, -0.2) is 0 Å². The summed E-state index contributed by atoms with van der Waals surface area (Å²) >= 11 is 1.85. The summed E-state index contributed by atoms with van der Waals surface area (Å²) in [5.74, 6) is 0. The summed E-state index contributed by atoms with van der Waals surface area (Å²) in [5, 5.41) is 10.2. The first-order valence-corrected chi connectivity index (χ1v) is 5.85. The maximum atomic E-state index is 3.91. The van der Waals surface area contributed by atoms with Crippen LogP contribution in [0.15, 0.2) is 24.5 Å². The van der Waals surface area contributed by atoms with Gasteiger partial charge in [0.1, 0.15) is 0 Å². The zero-order valence-corrected chi connectivity index (χ0v) is 9.77. The molecule has 0 bridgehead atoms. The summed E-state index contributed by atoms with van der Waals surface area (Å²) in [6, 6.07) is 4.75. The lowest BCUT2D eigenvalue weighted by atomic mass is 10.2. The topological polar surface area (TPSA) is 40.7 Å². The monoisotopic (exact) mass is 221 g/mol. The lowest BCUT2D eigenvalue weighted by Crippen LogP contribution is -2.16. The third-order valence-corrected chi connectivity index (χ3v) is 3.54. The number of nitrogens with zero attached hydrogens (tertiary/aromatic N) is 1. The van der Waals surface area contributed by atoms with Crippen LogP contribution in [0.5, 0.6) is 0 Å². The van der Waals surface area contributed by atoms with Crippen molar-refractivity contribution < 1.29 is 0 Å². The second-order valence-corrected chi connectivity index (χ2v) is 4.98. The van der Waals surface area contributed by atoms with E-state index in [0.29, 0.717) is 6.04 Å². The molecule has 80 valence electrons. The van der Waals surface area contributed by atoms with E-state index in [1.54, 1.807) is 0 Å². The third-order valence-electron chi connectivity index (χ3n) is 2.36. The number of aryl methyl sites for hydroxylation is 1. The molecule has 4 heteroatoms. The van der Waals surface area contributed by atoms with Gasteiger partial charge in [-0.15, -0.1) is 11.3 Å². The van der Waals surface area contributed by atoms with Crippen LogP contribution in [0, 0.1) is 6.92 Å². The van der Waals surface area contributed by atoms with Crippen molar-refractivity contribution in [3.8, 4) is 0 Å². The molecule has 0 fully saturated rings. The maximum Gasteiger partial charge on any atom is 0.0532 e. The van der Waals surface area contributed by atoms with Gasteiger partial charge in [0, 0.05) is 34.1 Å². The number of rotatable bonds is 4. The number of aromatic amines is 1. The van der Waals surface area contributed by atoms with Crippen LogP contribution < -0.4 is 5.32 Å². The Labute approximate surface area is 93.5 Å². The van der Waals surface area contributed by atoms with E-state index in [-0.39, 0.29) is 0 Å². The summed E-state index contributed by atoms with van der Waals surface area (Å²) in [5.41, 5.74) is 1.19. The van der Waals surface area contributed by atoms with Gasteiger partial charge in [0.25, 0.3) is 0 Å². The molecule has 0 aliphatic heterocycles. The van der Waals surface area contributed by atoms with Crippen LogP contribution in [0.4, 0.5) is 0 Å². The molecule has 15 heavy (non-hydrogen) atoms. The highest BCUT2D eigenvalue weighted by Gasteiger charge is 2.06. The van der Waals surface area contributed by atoms with Gasteiger partial charge in [-0.05, 0) is 26.0 Å². The van der Waals surface area contributed by atoms with Crippen molar-refractivity contribution in [3.63, 3.8) is 0 Å². The molecular formula is C11H15N3S. The normalized spacial score (nSPS) is 12.9. The zero-order valence-electron chi connectivity index (χ0n) is 8.95. The van der Waals surface area contributed by atoms with Crippen molar-refractivity contribution in [2.75, 3.05) is 0 Å². The number of H-pyrrole nitrogens is 1. The number of nitrogens with one attached hydrogen (secondary N) is 2. The Morgan fingerprint density at radius 1 is 1.53 bits per heavy atom. The van der Waals surface area contributed by atoms with Crippen LogP contribution in [0.1, 0.15) is 28.3 Å². The largest absolute Gasteiger partial charge is 0.305 e. The maximum absolute atomic E-state index is 3.91. The molecule has 0 spiro atoms. The fraction of sp³-hybridized carbons (Fsp3) is 0.364. The van der Waals surface area contributed by atoms with Crippen LogP contribution in [-0.2, 0) is 6.54 Å². The van der Waals surface area contributed by atoms with Crippen molar-refractivity contribution in [2.24, 2.45) is 0 Å². The fourth-order valence-electron chi connectivity index (χ4n) is 1.43. The molecule has 0 aliphatic carbocycles. The van der Waals surface area contributed by atoms with E-state index in [9.17, 15) is 0 Å². The standard InChI is InChI=1S/C11H15N3S/c1-8-3-4-11(15-8)9(2)12-5-10-6-13-14-7-10/h3-4,6-7,9,12H,5H2,1-2H3,(H,13,14). The molecule has 0 radical (unpaired) electrons. The van der Waals surface area contributed by atoms with E-state index in [4.69, 9.17) is 0 Å². The highest BCUT2D eigenvalue weighted by molar-refractivity contribution is 7.12. The van der Waals surface area contributed by atoms with Crippen LogP contribution in [-0.4, -0.2) is 10.2 Å². The molecule has 2 rings (SSSR count). The van der Waals surface area contributed by atoms with Crippen LogP contribution >= 0.6 is 11.3 Å². The van der Waals surface area contributed by atoms with Crippen LogP contribution in [0.3, 0.4) is 0 Å². The lowest BCUT2D eigenvalue weighted by Gasteiger charge is -2.10. The molecule has 0 aromatic carbocycles. The Hall–Kier alpha value is -1.13. The Bertz CT molecular complexity index is 405. The van der Waals surface area contributed by atoms with Crippen molar-refractivity contribution in [1.29, 1.82) is 0 Å². The Balaban J connectivity index is 1.90. The molecule has 2 heterocycles. The third kappa shape index (κ3) is 2.67. The Morgan fingerprint density at radius 3 is 3.00 bits per heavy atom. The van der Waals surface area contributed by atoms with E-state index in [2.05, 4.69) is 41.5 Å². The molecule has 1 unspecified atom stereocenters. The van der Waals surface area contributed by atoms with Crippen molar-refractivity contribution in [2.45, 2.75) is 26.4 Å². The van der Waals surface area contributed by atoms with E-state index in [1.165, 1.54) is 15.3 Å². The first-order chi connectivity index (χ1) is 7.25. The average Bonchev–Trinajstić information content (AvgIpc) is 2.84. The number of hydrogen-bond acceptors (Lipinski definition) is 3. The quantitative estimate of drug-likeness (QED) is 0.833. The molecule has 2 aromatic heterocycles. The van der Waals surface area contributed by atoms with Crippen molar-refractivity contribution >= 4 is 11.3 Å². The van der Waals surface area contributed by atoms with E-state index in [1.807, 2.05) is 23.7 Å². The Kier molecular flexibility index (Phi) is 3.18. The van der Waals surface area contributed by atoms with Gasteiger partial charge < -0.3 is 5.32 Å². The second kappa shape index (κ2) is 4.59. The predicted octanol–water partition coefficient (Wildman–Crippen LogP) is 2.63. The van der Waals surface area contributed by atoms with Crippen molar-refractivity contribution in [3.05, 3.63) is 39.8 Å². The number of hydrogen-bond donors (Lipinski definition) is 2. The molecular weight excluding hydrogens is 206 g/mol. The van der Waals surface area contributed by atoms with E-state index in [0.717, 1.165) is 6.54 Å². The zero-order chi connectivity index (χ0) is 10.7. The van der Waals surface area contributed by atoms with Crippen LogP contribution in [0.2, 0.25) is 0 Å². The average molecular weight is 221 g/mol. The number of thiophene rings is 1. The van der Waals surface area contributed by atoms with Gasteiger partial charge in [0.15, 0.2) is 0 Å². The first-order valence-electron chi connectivity index (χ1n) is 5.03.